The van der Waals surface area contributed by atoms with Crippen molar-refractivity contribution in [3.05, 3.63) is 52.4 Å². The molecule has 0 saturated carbocycles. The Morgan fingerprint density at radius 2 is 1.42 bits per heavy atom. The lowest BCUT2D eigenvalue weighted by molar-refractivity contribution is -0.288. The molecule has 0 spiro atoms. The van der Waals surface area contributed by atoms with Gasteiger partial charge in [0.25, 0.3) is 0 Å². The Morgan fingerprint density at radius 3 is 2.08 bits per heavy atom. The summed E-state index contributed by atoms with van der Waals surface area (Å²) in [5, 5.41) is 0.0665. The molecule has 0 bridgehead atoms. The summed E-state index contributed by atoms with van der Waals surface area (Å²) in [6.07, 6.45) is -7.18. The maximum Gasteiger partial charge on any atom is 0.375 e. The molecule has 0 N–H and O–H groups in total. The van der Waals surface area contributed by atoms with E-state index in [1.165, 1.54) is 18.2 Å². The average molecular weight is 699 g/mol. The second-order valence-electron chi connectivity index (χ2n) is 11.1. The van der Waals surface area contributed by atoms with Gasteiger partial charge in [0.2, 0.25) is 23.6 Å². The van der Waals surface area contributed by atoms with Crippen LogP contribution in [-0.4, -0.2) is 87.0 Å². The molecule has 16 heteroatoms. The first-order valence-corrected chi connectivity index (χ1v) is 15.5. The Kier molecular flexibility index (Phi) is 10.9. The fourth-order valence-corrected chi connectivity index (χ4v) is 5.47. The number of benzene rings is 2. The van der Waals surface area contributed by atoms with Gasteiger partial charge >= 0.3 is 29.8 Å². The van der Waals surface area contributed by atoms with Gasteiger partial charge in [-0.2, -0.15) is 0 Å². The second kappa shape index (κ2) is 15.3. The third-order valence-corrected chi connectivity index (χ3v) is 7.36. The fourth-order valence-electron chi connectivity index (χ4n) is 5.47. The van der Waals surface area contributed by atoms with E-state index in [9.17, 15) is 28.8 Å². The molecule has 266 valence electrons. The molecule has 2 aliphatic rings. The summed E-state index contributed by atoms with van der Waals surface area (Å²) in [6.45, 7) is 6.22. The number of carbonyl (C=O) groups excluding carboxylic acids is 5. The van der Waals surface area contributed by atoms with E-state index in [1.54, 1.807) is 25.1 Å². The Labute approximate surface area is 284 Å². The highest BCUT2D eigenvalue weighted by atomic mass is 16.7. The van der Waals surface area contributed by atoms with E-state index in [1.807, 2.05) is 0 Å². The van der Waals surface area contributed by atoms with Crippen molar-refractivity contribution >= 4 is 40.8 Å². The quantitative estimate of drug-likeness (QED) is 0.221. The summed E-state index contributed by atoms with van der Waals surface area (Å²) >= 11 is 0. The highest BCUT2D eigenvalue weighted by Gasteiger charge is 2.53. The molecule has 16 nitrogen and oxygen atoms in total. The van der Waals surface area contributed by atoms with Gasteiger partial charge in [0.05, 0.1) is 17.6 Å². The van der Waals surface area contributed by atoms with Crippen LogP contribution in [0.25, 0.3) is 22.1 Å². The van der Waals surface area contributed by atoms with Crippen LogP contribution in [0.1, 0.15) is 45.2 Å². The summed E-state index contributed by atoms with van der Waals surface area (Å²) in [7, 11) is 0. The maximum atomic E-state index is 13.9. The summed E-state index contributed by atoms with van der Waals surface area (Å²) in [5.41, 5.74) is -0.390. The van der Waals surface area contributed by atoms with Crippen LogP contribution in [0.4, 0.5) is 0 Å². The predicted octanol–water partition coefficient (Wildman–Crippen LogP) is 2.87. The maximum absolute atomic E-state index is 13.9. The highest BCUT2D eigenvalue weighted by Crippen LogP contribution is 2.37. The number of hydrogen-bond donors (Lipinski definition) is 0. The number of hydrogen-bond acceptors (Lipinski definition) is 16. The molecule has 1 aromatic heterocycles. The molecule has 0 aliphatic carbocycles. The van der Waals surface area contributed by atoms with Crippen LogP contribution in [0.2, 0.25) is 0 Å². The molecular weight excluding hydrogens is 664 g/mol. The first-order chi connectivity index (χ1) is 23.9. The fraction of sp³-hybridized carbons (Fsp3) is 0.412. The van der Waals surface area contributed by atoms with E-state index in [-0.39, 0.29) is 34.6 Å². The largest absolute Gasteiger partial charge is 0.486 e. The van der Waals surface area contributed by atoms with Crippen molar-refractivity contribution in [3.63, 3.8) is 0 Å². The number of esters is 5. The van der Waals surface area contributed by atoms with Crippen molar-refractivity contribution in [1.29, 1.82) is 0 Å². The molecule has 0 radical (unpaired) electrons. The molecule has 3 heterocycles. The topological polar surface area (TPSA) is 199 Å². The molecule has 50 heavy (non-hydrogen) atoms. The van der Waals surface area contributed by atoms with Crippen LogP contribution in [0, 0.1) is 0 Å². The van der Waals surface area contributed by atoms with Crippen LogP contribution < -0.4 is 19.6 Å². The van der Waals surface area contributed by atoms with Crippen LogP contribution in [0.15, 0.2) is 45.6 Å². The van der Waals surface area contributed by atoms with Crippen LogP contribution in [0.5, 0.6) is 17.2 Å². The van der Waals surface area contributed by atoms with E-state index >= 15 is 0 Å². The standard InChI is InChI=1S/C34H34O16/c1-6-41-33(40)30-27(20-7-10-23-25(13-20)43-12-11-42-23)28(39)22-9-8-21(14-24(22)49-30)48-34-32(47-19(5)38)31(46-18(4)37)29(45-17(3)36)26(50-34)15-44-16(2)35/h7-10,13-14,26,29,31-32,34H,6,11-12,15H2,1-5H3/t26-,29-,31+,32-,34-/m0/s1. The van der Waals surface area contributed by atoms with Crippen molar-refractivity contribution in [2.24, 2.45) is 0 Å². The van der Waals surface area contributed by atoms with Gasteiger partial charge in [-0.25, -0.2) is 4.79 Å². The highest BCUT2D eigenvalue weighted by molar-refractivity contribution is 5.98. The van der Waals surface area contributed by atoms with Gasteiger partial charge in [0, 0.05) is 33.8 Å². The zero-order valence-corrected chi connectivity index (χ0v) is 27.7. The minimum absolute atomic E-state index is 0.00673. The summed E-state index contributed by atoms with van der Waals surface area (Å²) in [6, 6.07) is 8.85. The normalized spacial score (nSPS) is 21.0. The number of rotatable bonds is 10. The SMILES string of the molecule is CCOC(=O)c1oc2cc(O[C@H]3O[C@@H](COC(C)=O)[C@H](OC(C)=O)[C@@H](OC(C)=O)[C@@H]3OC(C)=O)ccc2c(=O)c1-c1ccc2c(c1)OCCO2. The van der Waals surface area contributed by atoms with Crippen LogP contribution in [-0.2, 0) is 47.6 Å². The third kappa shape index (κ3) is 7.97. The Balaban J connectivity index is 1.57. The van der Waals surface area contributed by atoms with Crippen molar-refractivity contribution in [1.82, 2.24) is 0 Å². The molecule has 3 aromatic rings. The molecule has 0 amide bonds. The monoisotopic (exact) mass is 698 g/mol. The number of ether oxygens (including phenoxy) is 9. The molecule has 1 saturated heterocycles. The van der Waals surface area contributed by atoms with Gasteiger partial charge in [0.15, 0.2) is 23.7 Å². The van der Waals surface area contributed by atoms with E-state index < -0.39 is 72.6 Å². The molecule has 2 aromatic carbocycles. The smallest absolute Gasteiger partial charge is 0.375 e. The number of carbonyl (C=O) groups is 5. The zero-order chi connectivity index (χ0) is 36.1. The van der Waals surface area contributed by atoms with Crippen LogP contribution >= 0.6 is 0 Å². The van der Waals surface area contributed by atoms with Crippen molar-refractivity contribution in [2.75, 3.05) is 26.4 Å². The lowest BCUT2D eigenvalue weighted by Gasteiger charge is -2.43. The van der Waals surface area contributed by atoms with Crippen molar-refractivity contribution in [3.8, 4) is 28.4 Å². The third-order valence-electron chi connectivity index (χ3n) is 7.36. The summed E-state index contributed by atoms with van der Waals surface area (Å²) in [5.74, 6) is -3.54. The molecule has 0 unspecified atom stereocenters. The van der Waals surface area contributed by atoms with Gasteiger partial charge in [0.1, 0.15) is 37.3 Å². The van der Waals surface area contributed by atoms with E-state index in [0.717, 1.165) is 27.7 Å². The lowest BCUT2D eigenvalue weighted by Crippen LogP contribution is -2.63. The predicted molar refractivity (Wildman–Crippen MR) is 167 cm³/mol. The minimum atomic E-state index is -1.55. The zero-order valence-electron chi connectivity index (χ0n) is 27.7. The van der Waals surface area contributed by atoms with Gasteiger partial charge < -0.3 is 47.0 Å². The first-order valence-electron chi connectivity index (χ1n) is 15.5. The first kappa shape index (κ1) is 35.7. The van der Waals surface area contributed by atoms with Gasteiger partial charge in [-0.3, -0.25) is 24.0 Å². The molecule has 5 rings (SSSR count). The van der Waals surface area contributed by atoms with Gasteiger partial charge in [-0.15, -0.1) is 0 Å². The van der Waals surface area contributed by atoms with E-state index in [4.69, 9.17) is 47.0 Å². The molecule has 5 atom stereocenters. The molecular formula is C34H34O16. The van der Waals surface area contributed by atoms with E-state index in [0.29, 0.717) is 30.3 Å². The summed E-state index contributed by atoms with van der Waals surface area (Å²) < 4.78 is 55.9. The summed E-state index contributed by atoms with van der Waals surface area (Å²) in [4.78, 5) is 75.1. The average Bonchev–Trinajstić information content (AvgIpc) is 3.05. The Bertz CT molecular complexity index is 1860. The number of fused-ring (bicyclic) bond motifs is 2. The van der Waals surface area contributed by atoms with Crippen molar-refractivity contribution < 1.29 is 71.0 Å². The van der Waals surface area contributed by atoms with Crippen molar-refractivity contribution in [2.45, 2.75) is 65.3 Å². The second-order valence-corrected chi connectivity index (χ2v) is 11.1. The Morgan fingerprint density at radius 1 is 0.760 bits per heavy atom. The van der Waals surface area contributed by atoms with E-state index in [2.05, 4.69) is 0 Å². The minimum Gasteiger partial charge on any atom is -0.486 e. The molecule has 2 aliphatic heterocycles. The molecule has 1 fully saturated rings. The van der Waals surface area contributed by atoms with Gasteiger partial charge in [-0.05, 0) is 36.8 Å². The Hall–Kier alpha value is -5.64. The van der Waals surface area contributed by atoms with Crippen LogP contribution in [0.3, 0.4) is 0 Å². The lowest BCUT2D eigenvalue weighted by atomic mass is 9.98. The van der Waals surface area contributed by atoms with Gasteiger partial charge in [-0.1, -0.05) is 6.07 Å².